The lowest BCUT2D eigenvalue weighted by Gasteiger charge is -2.20. The maximum atomic E-state index is 12.3. The summed E-state index contributed by atoms with van der Waals surface area (Å²) >= 11 is 0. The van der Waals surface area contributed by atoms with Gasteiger partial charge in [-0.05, 0) is 36.4 Å². The van der Waals surface area contributed by atoms with Gasteiger partial charge in [0.05, 0.1) is 13.2 Å². The van der Waals surface area contributed by atoms with Gasteiger partial charge in [-0.2, -0.15) is 0 Å². The molecule has 0 aliphatic carbocycles. The summed E-state index contributed by atoms with van der Waals surface area (Å²) < 4.78 is 16.1. The fourth-order valence-electron chi connectivity index (χ4n) is 3.29. The third kappa shape index (κ3) is 3.80. The Balaban J connectivity index is 1.35. The van der Waals surface area contributed by atoms with Gasteiger partial charge in [-0.3, -0.25) is 4.79 Å². The van der Waals surface area contributed by atoms with E-state index in [0.29, 0.717) is 36.9 Å². The van der Waals surface area contributed by atoms with E-state index in [2.05, 4.69) is 10.6 Å². The van der Waals surface area contributed by atoms with Crippen LogP contribution in [0, 0.1) is 0 Å². The van der Waals surface area contributed by atoms with Gasteiger partial charge in [-0.15, -0.1) is 0 Å². The van der Waals surface area contributed by atoms with Crippen LogP contribution in [0.4, 0.5) is 16.2 Å². The lowest BCUT2D eigenvalue weighted by molar-refractivity contribution is -0.117. The first-order valence-corrected chi connectivity index (χ1v) is 9.04. The average Bonchev–Trinajstić information content (AvgIpc) is 3.07. The van der Waals surface area contributed by atoms with Crippen LogP contribution in [-0.4, -0.2) is 44.8 Å². The van der Waals surface area contributed by atoms with Gasteiger partial charge in [0.1, 0.15) is 19.0 Å². The van der Waals surface area contributed by atoms with Gasteiger partial charge in [0, 0.05) is 30.4 Å². The third-order valence-electron chi connectivity index (χ3n) is 4.64. The van der Waals surface area contributed by atoms with Gasteiger partial charge >= 0.3 is 6.03 Å². The number of ether oxygens (including phenoxy) is 3. The van der Waals surface area contributed by atoms with Crippen molar-refractivity contribution in [2.75, 3.05) is 37.1 Å². The van der Waals surface area contributed by atoms with E-state index in [1.807, 2.05) is 12.1 Å². The second-order valence-corrected chi connectivity index (χ2v) is 6.56. The van der Waals surface area contributed by atoms with Crippen LogP contribution in [0.3, 0.4) is 0 Å². The largest absolute Gasteiger partial charge is 0.497 e. The summed E-state index contributed by atoms with van der Waals surface area (Å²) in [6, 6.07) is 11.8. The van der Waals surface area contributed by atoms with E-state index in [0.717, 1.165) is 11.4 Å². The van der Waals surface area contributed by atoms with Gasteiger partial charge in [0.25, 0.3) is 0 Å². The molecule has 1 atom stereocenters. The van der Waals surface area contributed by atoms with Crippen molar-refractivity contribution in [1.82, 2.24) is 5.32 Å². The molecule has 1 fully saturated rings. The van der Waals surface area contributed by atoms with Crippen LogP contribution >= 0.6 is 0 Å². The quantitative estimate of drug-likeness (QED) is 0.846. The molecule has 2 N–H and O–H groups in total. The lowest BCUT2D eigenvalue weighted by Crippen LogP contribution is -2.39. The average molecular weight is 383 g/mol. The number of nitrogens with one attached hydrogen (secondary N) is 2. The number of hydrogen-bond acceptors (Lipinski definition) is 5. The molecule has 3 amide bonds. The topological polar surface area (TPSA) is 89.1 Å². The molecule has 0 aromatic heterocycles. The van der Waals surface area contributed by atoms with Crippen molar-refractivity contribution in [2.45, 2.75) is 12.5 Å². The van der Waals surface area contributed by atoms with Gasteiger partial charge < -0.3 is 29.7 Å². The maximum Gasteiger partial charge on any atom is 0.319 e. The summed E-state index contributed by atoms with van der Waals surface area (Å²) in [7, 11) is 1.59. The Kier molecular flexibility index (Phi) is 4.92. The molecule has 8 nitrogen and oxygen atoms in total. The van der Waals surface area contributed by atoms with Crippen LogP contribution in [-0.2, 0) is 4.79 Å². The van der Waals surface area contributed by atoms with Crippen molar-refractivity contribution in [3.05, 3.63) is 42.5 Å². The molecule has 4 rings (SSSR count). The van der Waals surface area contributed by atoms with Crippen LogP contribution in [0.5, 0.6) is 17.2 Å². The van der Waals surface area contributed by atoms with Crippen molar-refractivity contribution >= 4 is 23.3 Å². The molecule has 0 radical (unpaired) electrons. The standard InChI is InChI=1S/C20H21N3O5/c1-26-16-5-3-15(4-6-16)23-12-14(11-19(23)24)22-20(25)21-13-2-7-17-18(10-13)28-9-8-27-17/h2-7,10,14H,8-9,11-12H2,1H3,(H2,21,22,25)/t14-/m0/s1. The molecule has 0 unspecified atom stereocenters. The molecule has 0 spiro atoms. The fraction of sp³-hybridized carbons (Fsp3) is 0.300. The molecule has 0 bridgehead atoms. The van der Waals surface area contributed by atoms with Gasteiger partial charge in [-0.1, -0.05) is 0 Å². The highest BCUT2D eigenvalue weighted by Crippen LogP contribution is 2.32. The SMILES string of the molecule is COc1ccc(N2C[C@@H](NC(=O)Nc3ccc4c(c3)OCCO4)CC2=O)cc1. The van der Waals surface area contributed by atoms with Crippen LogP contribution in [0.1, 0.15) is 6.42 Å². The predicted octanol–water partition coefficient (Wildman–Crippen LogP) is 2.39. The Bertz CT molecular complexity index is 884. The number of methoxy groups -OCH3 is 1. The molecule has 28 heavy (non-hydrogen) atoms. The first-order chi connectivity index (χ1) is 13.6. The van der Waals surface area contributed by atoms with Gasteiger partial charge in [0.15, 0.2) is 11.5 Å². The smallest absolute Gasteiger partial charge is 0.319 e. The minimum Gasteiger partial charge on any atom is -0.497 e. The first kappa shape index (κ1) is 18.0. The van der Waals surface area contributed by atoms with Crippen molar-refractivity contribution < 1.29 is 23.8 Å². The Morgan fingerprint density at radius 1 is 1.11 bits per heavy atom. The van der Waals surface area contributed by atoms with E-state index >= 15 is 0 Å². The molecule has 0 saturated carbocycles. The van der Waals surface area contributed by atoms with Crippen molar-refractivity contribution in [2.24, 2.45) is 0 Å². The second-order valence-electron chi connectivity index (χ2n) is 6.56. The molecule has 2 aliphatic heterocycles. The van der Waals surface area contributed by atoms with Crippen LogP contribution in [0.2, 0.25) is 0 Å². The molecular formula is C20H21N3O5. The zero-order valence-corrected chi connectivity index (χ0v) is 15.4. The monoisotopic (exact) mass is 383 g/mol. The zero-order chi connectivity index (χ0) is 19.5. The molecule has 2 heterocycles. The lowest BCUT2D eigenvalue weighted by atomic mass is 10.2. The molecular weight excluding hydrogens is 362 g/mol. The van der Waals surface area contributed by atoms with Crippen LogP contribution in [0.25, 0.3) is 0 Å². The summed E-state index contributed by atoms with van der Waals surface area (Å²) in [6.07, 6.45) is 0.251. The molecule has 2 aromatic carbocycles. The van der Waals surface area contributed by atoms with E-state index < -0.39 is 0 Å². The molecule has 2 aliphatic rings. The zero-order valence-electron chi connectivity index (χ0n) is 15.4. The minimum absolute atomic E-state index is 0.0326. The highest BCUT2D eigenvalue weighted by molar-refractivity contribution is 5.97. The number of benzene rings is 2. The highest BCUT2D eigenvalue weighted by Gasteiger charge is 2.31. The molecule has 8 heteroatoms. The van der Waals surface area contributed by atoms with Crippen molar-refractivity contribution in [1.29, 1.82) is 0 Å². The Hall–Kier alpha value is -3.42. The molecule has 146 valence electrons. The number of hydrogen-bond donors (Lipinski definition) is 2. The summed E-state index contributed by atoms with van der Waals surface area (Å²) in [5.74, 6) is 1.96. The fourth-order valence-corrected chi connectivity index (χ4v) is 3.29. The number of urea groups is 1. The number of amides is 3. The Labute approximate surface area is 162 Å². The minimum atomic E-state index is -0.369. The Morgan fingerprint density at radius 2 is 1.86 bits per heavy atom. The molecule has 1 saturated heterocycles. The van der Waals surface area contributed by atoms with Crippen LogP contribution < -0.4 is 29.7 Å². The van der Waals surface area contributed by atoms with E-state index in [1.54, 1.807) is 42.3 Å². The summed E-state index contributed by atoms with van der Waals surface area (Å²) in [6.45, 7) is 1.41. The van der Waals surface area contributed by atoms with E-state index in [1.165, 1.54) is 0 Å². The predicted molar refractivity (Wildman–Crippen MR) is 103 cm³/mol. The number of carbonyl (C=O) groups is 2. The summed E-state index contributed by atoms with van der Waals surface area (Å²) in [5.41, 5.74) is 1.38. The normalized spacial score (nSPS) is 18.0. The highest BCUT2D eigenvalue weighted by atomic mass is 16.6. The van der Waals surface area contributed by atoms with Crippen molar-refractivity contribution in [3.63, 3.8) is 0 Å². The number of nitrogens with zero attached hydrogens (tertiary/aromatic N) is 1. The van der Waals surface area contributed by atoms with Gasteiger partial charge in [0.2, 0.25) is 5.91 Å². The third-order valence-corrected chi connectivity index (χ3v) is 4.64. The number of anilines is 2. The Morgan fingerprint density at radius 3 is 2.61 bits per heavy atom. The number of carbonyl (C=O) groups excluding carboxylic acids is 2. The summed E-state index contributed by atoms with van der Waals surface area (Å²) in [5, 5.41) is 5.62. The summed E-state index contributed by atoms with van der Waals surface area (Å²) in [4.78, 5) is 26.3. The van der Waals surface area contributed by atoms with E-state index in [9.17, 15) is 9.59 Å². The van der Waals surface area contributed by atoms with Crippen LogP contribution in [0.15, 0.2) is 42.5 Å². The molecule has 2 aromatic rings. The van der Waals surface area contributed by atoms with E-state index in [-0.39, 0.29) is 24.4 Å². The van der Waals surface area contributed by atoms with Crippen molar-refractivity contribution in [3.8, 4) is 17.2 Å². The van der Waals surface area contributed by atoms with Gasteiger partial charge in [-0.25, -0.2) is 4.79 Å². The second kappa shape index (κ2) is 7.67. The first-order valence-electron chi connectivity index (χ1n) is 9.04. The van der Waals surface area contributed by atoms with E-state index in [4.69, 9.17) is 14.2 Å². The maximum absolute atomic E-state index is 12.3. The number of rotatable bonds is 4. The number of fused-ring (bicyclic) bond motifs is 1.